The number of hydrogen-bond donors (Lipinski definition) is 0. The molecule has 0 amide bonds. The summed E-state index contributed by atoms with van der Waals surface area (Å²) in [4.78, 5) is 0. The highest BCUT2D eigenvalue weighted by molar-refractivity contribution is 7.44. The molecule has 0 unspecified atom stereocenters. The van der Waals surface area contributed by atoms with Gasteiger partial charge in [-0.1, -0.05) is 49.7 Å². The largest absolute Gasteiger partial charge is 0.0971 e. The number of rotatable bonds is 3. The lowest BCUT2D eigenvalue weighted by molar-refractivity contribution is 1.70. The van der Waals surface area contributed by atoms with Crippen LogP contribution >= 0.6 is 0 Å². The monoisotopic (exact) mass is 198 g/mol. The van der Waals surface area contributed by atoms with Gasteiger partial charge in [-0.05, 0) is 13.8 Å². The van der Waals surface area contributed by atoms with Crippen molar-refractivity contribution in [2.75, 3.05) is 0 Å². The zero-order valence-corrected chi connectivity index (χ0v) is 11.3. The van der Waals surface area contributed by atoms with Crippen LogP contribution in [0, 0.1) is 0 Å². The topological polar surface area (TPSA) is 0 Å². The minimum absolute atomic E-state index is 0.988. The Balaban J connectivity index is 4.87. The van der Waals surface area contributed by atoms with Crippen molar-refractivity contribution in [3.05, 3.63) is 23.6 Å². The molecular formula is C10H22Si2. The highest BCUT2D eigenvalue weighted by Gasteiger charge is 2.36. The maximum atomic E-state index is 2.47. The van der Waals surface area contributed by atoms with E-state index in [1.54, 1.807) is 0 Å². The van der Waals surface area contributed by atoms with E-state index in [9.17, 15) is 0 Å². The molecule has 0 aliphatic carbocycles. The van der Waals surface area contributed by atoms with E-state index in [2.05, 4.69) is 63.6 Å². The fourth-order valence-electron chi connectivity index (χ4n) is 1.25. The summed E-state index contributed by atoms with van der Waals surface area (Å²) < 4.78 is 0. The third-order valence-corrected chi connectivity index (χ3v) is 18.6. The van der Waals surface area contributed by atoms with Crippen molar-refractivity contribution in [3.63, 3.8) is 0 Å². The second-order valence-corrected chi connectivity index (χ2v) is 20.0. The van der Waals surface area contributed by atoms with Gasteiger partial charge in [0.1, 0.15) is 0 Å². The van der Waals surface area contributed by atoms with Gasteiger partial charge in [0.05, 0.1) is 7.59 Å². The summed E-state index contributed by atoms with van der Waals surface area (Å²) >= 11 is 0. The van der Waals surface area contributed by atoms with Gasteiger partial charge in [-0.15, -0.1) is 0 Å². The molecule has 12 heavy (non-hydrogen) atoms. The first-order valence-corrected chi connectivity index (χ1v) is 11.8. The maximum Gasteiger partial charge on any atom is 0.0893 e. The highest BCUT2D eigenvalue weighted by Crippen LogP contribution is 2.21. The van der Waals surface area contributed by atoms with E-state index in [4.69, 9.17) is 0 Å². The summed E-state index contributed by atoms with van der Waals surface area (Å²) in [5.74, 6) is 0. The Morgan fingerprint density at radius 1 is 0.750 bits per heavy atom. The molecule has 0 atom stereocenters. The number of allylic oxidation sites excluding steroid dienone is 2. The van der Waals surface area contributed by atoms with Gasteiger partial charge in [0, 0.05) is 7.59 Å². The fraction of sp³-hybridized carbons (Fsp3) is 0.600. The summed E-state index contributed by atoms with van der Waals surface area (Å²) in [5, 5.41) is 0. The first-order chi connectivity index (χ1) is 5.37. The van der Waals surface area contributed by atoms with Crippen LogP contribution in [0.3, 0.4) is 0 Å². The molecule has 0 spiro atoms. The molecule has 0 bridgehead atoms. The van der Waals surface area contributed by atoms with Gasteiger partial charge < -0.3 is 0 Å². The average molecular weight is 198 g/mol. The quantitative estimate of drug-likeness (QED) is 0.607. The third-order valence-electron chi connectivity index (χ3n) is 2.64. The fourth-order valence-corrected chi connectivity index (χ4v) is 7.74. The average Bonchev–Trinajstić information content (AvgIpc) is 1.86. The summed E-state index contributed by atoms with van der Waals surface area (Å²) in [6.07, 6.45) is 4.45. The van der Waals surface area contributed by atoms with Crippen LogP contribution in [0.15, 0.2) is 23.6 Å². The Bertz CT molecular complexity index is 173. The van der Waals surface area contributed by atoms with Crippen molar-refractivity contribution in [2.45, 2.75) is 40.0 Å². The first kappa shape index (κ1) is 11.9. The zero-order chi connectivity index (χ0) is 9.83. The first-order valence-electron chi connectivity index (χ1n) is 4.65. The predicted molar refractivity (Wildman–Crippen MR) is 64.6 cm³/mol. The van der Waals surface area contributed by atoms with E-state index in [0.29, 0.717) is 0 Å². The van der Waals surface area contributed by atoms with Gasteiger partial charge >= 0.3 is 0 Å². The van der Waals surface area contributed by atoms with Gasteiger partial charge in [-0.25, -0.2) is 0 Å². The van der Waals surface area contributed by atoms with Crippen LogP contribution in [0.2, 0.25) is 26.2 Å². The SMILES string of the molecule is CC=C[Si](C)(C=CC)[Si](C)(C)C. The van der Waals surface area contributed by atoms with E-state index in [1.165, 1.54) is 0 Å². The standard InChI is InChI=1S/C10H22Si2/c1-7-9-12(6,10-8-2)11(3,4)5/h7-10H,1-6H3. The van der Waals surface area contributed by atoms with Crippen molar-refractivity contribution in [2.24, 2.45) is 0 Å². The molecule has 0 fully saturated rings. The van der Waals surface area contributed by atoms with Crippen molar-refractivity contribution in [1.29, 1.82) is 0 Å². The van der Waals surface area contributed by atoms with Gasteiger partial charge in [-0.3, -0.25) is 0 Å². The van der Waals surface area contributed by atoms with Gasteiger partial charge in [0.2, 0.25) is 0 Å². The molecular weight excluding hydrogens is 176 g/mol. The highest BCUT2D eigenvalue weighted by atomic mass is 29.3. The third kappa shape index (κ3) is 2.75. The second-order valence-electron chi connectivity index (χ2n) is 4.53. The molecule has 0 aromatic rings. The Morgan fingerprint density at radius 2 is 1.08 bits per heavy atom. The molecule has 2 heteroatoms. The minimum atomic E-state index is -1.17. The molecule has 0 aliphatic rings. The maximum absolute atomic E-state index is 2.47. The van der Waals surface area contributed by atoms with E-state index < -0.39 is 15.2 Å². The molecule has 0 nitrogen and oxygen atoms in total. The molecule has 0 saturated heterocycles. The van der Waals surface area contributed by atoms with Crippen LogP contribution < -0.4 is 0 Å². The van der Waals surface area contributed by atoms with Crippen molar-refractivity contribution >= 4 is 15.2 Å². The second kappa shape index (κ2) is 4.24. The summed E-state index contributed by atoms with van der Waals surface area (Å²) in [7, 11) is -2.16. The molecule has 0 heterocycles. The van der Waals surface area contributed by atoms with Crippen LogP contribution in [0.4, 0.5) is 0 Å². The lowest BCUT2D eigenvalue weighted by Crippen LogP contribution is -2.52. The van der Waals surface area contributed by atoms with Crippen LogP contribution in [0.5, 0.6) is 0 Å². The molecule has 0 aliphatic heterocycles. The van der Waals surface area contributed by atoms with Crippen LogP contribution in [0.25, 0.3) is 0 Å². The predicted octanol–water partition coefficient (Wildman–Crippen LogP) is 3.71. The van der Waals surface area contributed by atoms with Crippen molar-refractivity contribution in [3.8, 4) is 0 Å². The molecule has 0 aromatic carbocycles. The van der Waals surface area contributed by atoms with Crippen molar-refractivity contribution < 1.29 is 0 Å². The summed E-state index contributed by atoms with van der Waals surface area (Å²) in [6, 6.07) is 0. The molecule has 0 radical (unpaired) electrons. The van der Waals surface area contributed by atoms with E-state index in [0.717, 1.165) is 0 Å². The Hall–Kier alpha value is -0.0862. The van der Waals surface area contributed by atoms with Gasteiger partial charge in [-0.2, -0.15) is 0 Å². The van der Waals surface area contributed by atoms with Gasteiger partial charge in [0.25, 0.3) is 0 Å². The normalized spacial score (nSPS) is 18.8. The van der Waals surface area contributed by atoms with E-state index in [-0.39, 0.29) is 0 Å². The smallest absolute Gasteiger partial charge is 0.0893 e. The molecule has 0 saturated carbocycles. The van der Waals surface area contributed by atoms with Gasteiger partial charge in [0.15, 0.2) is 0 Å². The number of hydrogen-bond acceptors (Lipinski definition) is 0. The molecule has 0 N–H and O–H groups in total. The Morgan fingerprint density at radius 3 is 1.25 bits per heavy atom. The van der Waals surface area contributed by atoms with Crippen LogP contribution in [-0.4, -0.2) is 15.2 Å². The summed E-state index contributed by atoms with van der Waals surface area (Å²) in [6.45, 7) is 14.2. The lowest BCUT2D eigenvalue weighted by atomic mass is 10.8. The van der Waals surface area contributed by atoms with E-state index >= 15 is 0 Å². The Kier molecular flexibility index (Phi) is 4.21. The summed E-state index contributed by atoms with van der Waals surface area (Å²) in [5.41, 5.74) is 4.94. The molecule has 70 valence electrons. The van der Waals surface area contributed by atoms with E-state index in [1.807, 2.05) is 0 Å². The minimum Gasteiger partial charge on any atom is -0.0971 e. The Labute approximate surface area is 79.2 Å². The lowest BCUT2D eigenvalue weighted by Gasteiger charge is -2.33. The molecule has 0 aromatic heterocycles. The van der Waals surface area contributed by atoms with Crippen LogP contribution in [-0.2, 0) is 0 Å². The van der Waals surface area contributed by atoms with Crippen molar-refractivity contribution in [1.82, 2.24) is 0 Å². The van der Waals surface area contributed by atoms with Crippen LogP contribution in [0.1, 0.15) is 13.8 Å². The zero-order valence-electron chi connectivity index (χ0n) is 9.31. The molecule has 0 rings (SSSR count).